The van der Waals surface area contributed by atoms with E-state index < -0.39 is 5.91 Å². The second-order valence-corrected chi connectivity index (χ2v) is 11.3. The molecule has 0 bridgehead atoms. The number of amides is 2. The van der Waals surface area contributed by atoms with Crippen molar-refractivity contribution in [1.29, 1.82) is 0 Å². The molecule has 13 heteroatoms. The fourth-order valence-corrected chi connectivity index (χ4v) is 4.89. The lowest BCUT2D eigenvalue weighted by molar-refractivity contribution is -0.120. The van der Waals surface area contributed by atoms with Crippen molar-refractivity contribution in [3.05, 3.63) is 92.4 Å². The van der Waals surface area contributed by atoms with E-state index in [0.717, 1.165) is 22.6 Å². The van der Waals surface area contributed by atoms with Crippen LogP contribution in [0.5, 0.6) is 17.2 Å². The van der Waals surface area contributed by atoms with Crippen LogP contribution in [0.4, 0.5) is 5.13 Å². The number of aromatic nitrogens is 2. The number of hydrazone groups is 1. The van der Waals surface area contributed by atoms with Crippen molar-refractivity contribution in [2.24, 2.45) is 5.10 Å². The van der Waals surface area contributed by atoms with Gasteiger partial charge in [0.15, 0.2) is 11.5 Å². The summed E-state index contributed by atoms with van der Waals surface area (Å²) < 4.78 is 22.6. The topological polar surface area (TPSA) is 133 Å². The summed E-state index contributed by atoms with van der Waals surface area (Å²) in [6.45, 7) is 7.47. The number of ether oxygens (including phenoxy) is 4. The molecule has 45 heavy (non-hydrogen) atoms. The Balaban J connectivity index is 1.19. The van der Waals surface area contributed by atoms with Crippen LogP contribution in [-0.4, -0.2) is 61.8 Å². The average Bonchev–Trinajstić information content (AvgIpc) is 3.45. The molecule has 2 amide bonds. The van der Waals surface area contributed by atoms with E-state index in [0.29, 0.717) is 57.6 Å². The van der Waals surface area contributed by atoms with Crippen LogP contribution in [0.3, 0.4) is 0 Å². The van der Waals surface area contributed by atoms with Crippen LogP contribution >= 0.6 is 22.9 Å². The van der Waals surface area contributed by atoms with Crippen molar-refractivity contribution in [2.45, 2.75) is 27.2 Å². The maximum absolute atomic E-state index is 12.4. The molecule has 0 spiro atoms. The summed E-state index contributed by atoms with van der Waals surface area (Å²) >= 11 is 7.55. The first-order chi connectivity index (χ1) is 21.7. The number of hydrogen-bond donors (Lipinski definition) is 2. The Kier molecular flexibility index (Phi) is 12.3. The summed E-state index contributed by atoms with van der Waals surface area (Å²) in [5.74, 6) is 0.875. The van der Waals surface area contributed by atoms with E-state index in [4.69, 9.17) is 30.5 Å². The molecule has 2 N–H and O–H groups in total. The van der Waals surface area contributed by atoms with E-state index in [9.17, 15) is 9.59 Å². The molecular formula is C32H34ClN5O6S. The molecule has 4 aromatic rings. The highest BCUT2D eigenvalue weighted by Gasteiger charge is 2.14. The largest absolute Gasteiger partial charge is 0.493 e. The molecule has 0 radical (unpaired) electrons. The summed E-state index contributed by atoms with van der Waals surface area (Å²) in [6.07, 6.45) is 1.37. The molecule has 4 rings (SSSR count). The molecule has 236 valence electrons. The Bertz CT molecular complexity index is 1640. The van der Waals surface area contributed by atoms with Gasteiger partial charge in [0.2, 0.25) is 11.0 Å². The fraction of sp³-hybridized carbons (Fsp3) is 0.281. The summed E-state index contributed by atoms with van der Waals surface area (Å²) in [4.78, 5) is 24.8. The van der Waals surface area contributed by atoms with Crippen molar-refractivity contribution < 1.29 is 28.5 Å². The number of halogens is 1. The van der Waals surface area contributed by atoms with E-state index in [2.05, 4.69) is 33.0 Å². The number of rotatable bonds is 15. The number of carbonyl (C=O) groups excluding carboxylic acids is 2. The van der Waals surface area contributed by atoms with E-state index in [1.807, 2.05) is 44.2 Å². The summed E-state index contributed by atoms with van der Waals surface area (Å²) in [6, 6.07) is 16.4. The first kappa shape index (κ1) is 33.4. The number of aryl methyl sites for hydroxylation is 3. The first-order valence-electron chi connectivity index (χ1n) is 14.0. The second kappa shape index (κ2) is 16.5. The van der Waals surface area contributed by atoms with Gasteiger partial charge in [0.25, 0.3) is 5.91 Å². The minimum atomic E-state index is -0.406. The Hall–Kier alpha value is -4.52. The van der Waals surface area contributed by atoms with Crippen LogP contribution in [0.25, 0.3) is 0 Å². The molecule has 0 saturated heterocycles. The fourth-order valence-electron chi connectivity index (χ4n) is 3.89. The predicted octanol–water partition coefficient (Wildman–Crippen LogP) is 5.54. The van der Waals surface area contributed by atoms with E-state index in [1.54, 1.807) is 24.3 Å². The third kappa shape index (κ3) is 10.3. The van der Waals surface area contributed by atoms with Gasteiger partial charge in [0.1, 0.15) is 24.0 Å². The molecule has 0 saturated carbocycles. The normalized spacial score (nSPS) is 11.0. The maximum atomic E-state index is 12.4. The van der Waals surface area contributed by atoms with Gasteiger partial charge in [-0.2, -0.15) is 5.10 Å². The molecule has 0 aliphatic carbocycles. The number of benzene rings is 3. The molecule has 0 aliphatic rings. The zero-order chi connectivity index (χ0) is 32.2. The van der Waals surface area contributed by atoms with Crippen molar-refractivity contribution >= 4 is 46.1 Å². The Morgan fingerprint density at radius 1 is 0.933 bits per heavy atom. The monoisotopic (exact) mass is 651 g/mol. The molecule has 11 nitrogen and oxygen atoms in total. The van der Waals surface area contributed by atoms with Gasteiger partial charge >= 0.3 is 0 Å². The predicted molar refractivity (Wildman–Crippen MR) is 174 cm³/mol. The highest BCUT2D eigenvalue weighted by Crippen LogP contribution is 2.36. The lowest BCUT2D eigenvalue weighted by Gasteiger charge is -2.13. The smallest absolute Gasteiger partial charge is 0.257 e. The van der Waals surface area contributed by atoms with Crippen molar-refractivity contribution in [2.75, 3.05) is 38.9 Å². The standard InChI is InChI=1S/C32H34ClN5O6S/c1-20-5-8-24(9-6-20)31(40)35-32-38-37-29(45-32)18-28(39)36-34-19-23-16-26(33)30(27(17-23)41-4)44-14-12-42-11-13-43-25-10-7-21(2)22(3)15-25/h5-10,15-17,19H,11-14,18H2,1-4H3,(H,36,39)(H,35,38,40)/b34-19-. The average molecular weight is 652 g/mol. The lowest BCUT2D eigenvalue weighted by Crippen LogP contribution is -2.19. The number of methoxy groups -OCH3 is 1. The van der Waals surface area contributed by atoms with Crippen LogP contribution in [0.2, 0.25) is 5.02 Å². The number of anilines is 1. The lowest BCUT2D eigenvalue weighted by atomic mass is 10.1. The number of hydrogen-bond acceptors (Lipinski definition) is 10. The summed E-state index contributed by atoms with van der Waals surface area (Å²) in [7, 11) is 1.50. The highest BCUT2D eigenvalue weighted by molar-refractivity contribution is 7.15. The van der Waals surface area contributed by atoms with E-state index >= 15 is 0 Å². The number of nitrogens with one attached hydrogen (secondary N) is 2. The van der Waals surface area contributed by atoms with Gasteiger partial charge < -0.3 is 18.9 Å². The minimum absolute atomic E-state index is 0.0634. The molecule has 1 aromatic heterocycles. The third-order valence-electron chi connectivity index (χ3n) is 6.42. The van der Waals surface area contributed by atoms with Crippen LogP contribution in [-0.2, 0) is 16.0 Å². The summed E-state index contributed by atoms with van der Waals surface area (Å²) in [5, 5.41) is 15.6. The van der Waals surface area contributed by atoms with Gasteiger partial charge in [-0.25, -0.2) is 5.43 Å². The quantitative estimate of drug-likeness (QED) is 0.0972. The number of nitrogens with zero attached hydrogens (tertiary/aromatic N) is 3. The van der Waals surface area contributed by atoms with E-state index in [1.165, 1.54) is 24.5 Å². The Labute approximate surface area is 270 Å². The van der Waals surface area contributed by atoms with Crippen LogP contribution in [0, 0.1) is 20.8 Å². The molecule has 0 unspecified atom stereocenters. The Morgan fingerprint density at radius 2 is 1.69 bits per heavy atom. The molecule has 0 aliphatic heterocycles. The van der Waals surface area contributed by atoms with Gasteiger partial charge in [-0.1, -0.05) is 46.7 Å². The molecule has 0 fully saturated rings. The molecule has 3 aromatic carbocycles. The van der Waals surface area contributed by atoms with Crippen LogP contribution in [0.1, 0.15) is 37.6 Å². The number of carbonyl (C=O) groups is 2. The highest BCUT2D eigenvalue weighted by atomic mass is 35.5. The van der Waals surface area contributed by atoms with Crippen LogP contribution in [0.15, 0.2) is 59.7 Å². The van der Waals surface area contributed by atoms with Crippen molar-refractivity contribution in [3.63, 3.8) is 0 Å². The minimum Gasteiger partial charge on any atom is -0.493 e. The van der Waals surface area contributed by atoms with Gasteiger partial charge in [0.05, 0.1) is 38.0 Å². The zero-order valence-electron chi connectivity index (χ0n) is 25.4. The molecule has 0 atom stereocenters. The van der Waals surface area contributed by atoms with Crippen molar-refractivity contribution in [3.8, 4) is 17.2 Å². The zero-order valence-corrected chi connectivity index (χ0v) is 27.0. The third-order valence-corrected chi connectivity index (χ3v) is 7.54. The van der Waals surface area contributed by atoms with Crippen molar-refractivity contribution in [1.82, 2.24) is 15.6 Å². The van der Waals surface area contributed by atoms with Gasteiger partial charge in [-0.05, 0) is 73.9 Å². The van der Waals surface area contributed by atoms with Gasteiger partial charge in [-0.3, -0.25) is 14.9 Å². The van der Waals surface area contributed by atoms with E-state index in [-0.39, 0.29) is 18.9 Å². The van der Waals surface area contributed by atoms with Gasteiger partial charge in [-0.15, -0.1) is 10.2 Å². The summed E-state index contributed by atoms with van der Waals surface area (Å²) in [5.41, 5.74) is 6.98. The molecule has 1 heterocycles. The van der Waals surface area contributed by atoms with Gasteiger partial charge in [0, 0.05) is 5.56 Å². The first-order valence-corrected chi connectivity index (χ1v) is 15.2. The Morgan fingerprint density at radius 3 is 2.42 bits per heavy atom. The second-order valence-electron chi connectivity index (χ2n) is 9.88. The van der Waals surface area contributed by atoms with Crippen LogP contribution < -0.4 is 25.0 Å². The maximum Gasteiger partial charge on any atom is 0.257 e. The SMILES string of the molecule is COc1cc(/C=N\NC(=O)Cc2nnc(NC(=O)c3ccc(C)cc3)s2)cc(Cl)c1OCCOCCOc1ccc(C)c(C)c1. The molecular weight excluding hydrogens is 618 g/mol.